The molecule has 0 aliphatic rings. The molecule has 0 unspecified atom stereocenters. The van der Waals surface area contributed by atoms with E-state index in [2.05, 4.69) is 11.1 Å². The van der Waals surface area contributed by atoms with Crippen LogP contribution in [-0.2, 0) is 26.3 Å². The van der Waals surface area contributed by atoms with Gasteiger partial charge < -0.3 is 4.40 Å². The van der Waals surface area contributed by atoms with Gasteiger partial charge in [-0.25, -0.2) is 0 Å². The van der Waals surface area contributed by atoms with Crippen molar-refractivity contribution in [3.63, 3.8) is 0 Å². The van der Waals surface area contributed by atoms with Crippen molar-refractivity contribution in [2.75, 3.05) is 0 Å². The summed E-state index contributed by atoms with van der Waals surface area (Å²) in [6.07, 6.45) is -0.994. The van der Waals surface area contributed by atoms with Gasteiger partial charge in [-0.15, -0.1) is 29.8 Å². The molecular formula is C14H8F3IrN2-. The molecule has 2 heterocycles. The van der Waals surface area contributed by atoms with Gasteiger partial charge in [0.1, 0.15) is 0 Å². The van der Waals surface area contributed by atoms with Gasteiger partial charge in [0.05, 0.1) is 11.3 Å². The van der Waals surface area contributed by atoms with Crippen LogP contribution in [0.25, 0.3) is 16.9 Å². The summed E-state index contributed by atoms with van der Waals surface area (Å²) >= 11 is 0. The van der Waals surface area contributed by atoms with Gasteiger partial charge in [0.15, 0.2) is 0 Å². The van der Waals surface area contributed by atoms with E-state index in [0.29, 0.717) is 11.4 Å². The van der Waals surface area contributed by atoms with E-state index in [1.165, 1.54) is 6.07 Å². The van der Waals surface area contributed by atoms with Crippen molar-refractivity contribution in [2.45, 2.75) is 6.18 Å². The summed E-state index contributed by atoms with van der Waals surface area (Å²) in [7, 11) is 0. The standard InChI is InChI=1S/C14H8F3N2.Ir/c15-14(16,17)11-5-3-4-10(8-11)13-18-9-12-6-1-2-7-19(12)13;/h1-3,5-9H;/q-1;. The largest absolute Gasteiger partial charge is 0.399 e. The van der Waals surface area contributed by atoms with E-state index in [1.54, 1.807) is 22.9 Å². The zero-order valence-electron chi connectivity index (χ0n) is 9.98. The molecule has 2 nitrogen and oxygen atoms in total. The number of alkyl halides is 3. The van der Waals surface area contributed by atoms with Crippen LogP contribution in [0.2, 0.25) is 0 Å². The van der Waals surface area contributed by atoms with Gasteiger partial charge in [-0.2, -0.15) is 13.2 Å². The summed E-state index contributed by atoms with van der Waals surface area (Å²) < 4.78 is 39.8. The predicted molar refractivity (Wildman–Crippen MR) is 64.5 cm³/mol. The Labute approximate surface area is 126 Å². The second-order valence-corrected chi connectivity index (χ2v) is 4.07. The van der Waals surface area contributed by atoms with E-state index in [4.69, 9.17) is 0 Å². The van der Waals surface area contributed by atoms with Crippen LogP contribution in [0.4, 0.5) is 13.2 Å². The van der Waals surface area contributed by atoms with Crippen LogP contribution in [0.3, 0.4) is 0 Å². The molecule has 6 heteroatoms. The van der Waals surface area contributed by atoms with Gasteiger partial charge >= 0.3 is 6.18 Å². The summed E-state index contributed by atoms with van der Waals surface area (Å²) in [5, 5.41) is 0. The first kappa shape index (κ1) is 14.8. The second kappa shape index (κ2) is 5.38. The normalized spacial score (nSPS) is 11.3. The van der Waals surface area contributed by atoms with Crippen LogP contribution in [0, 0.1) is 6.07 Å². The Morgan fingerprint density at radius 1 is 1.15 bits per heavy atom. The fourth-order valence-electron chi connectivity index (χ4n) is 1.92. The predicted octanol–water partition coefficient (Wildman–Crippen LogP) is 3.82. The van der Waals surface area contributed by atoms with Crippen molar-refractivity contribution in [2.24, 2.45) is 0 Å². The summed E-state index contributed by atoms with van der Waals surface area (Å²) in [6, 6.07) is 11.6. The fourth-order valence-corrected chi connectivity index (χ4v) is 1.92. The average Bonchev–Trinajstić information content (AvgIpc) is 2.82. The number of hydrogen-bond acceptors (Lipinski definition) is 1. The first-order valence-electron chi connectivity index (χ1n) is 5.57. The van der Waals surface area contributed by atoms with Crippen LogP contribution < -0.4 is 0 Å². The van der Waals surface area contributed by atoms with Crippen molar-refractivity contribution in [3.05, 3.63) is 60.4 Å². The van der Waals surface area contributed by atoms with E-state index in [-0.39, 0.29) is 20.1 Å². The summed E-state index contributed by atoms with van der Waals surface area (Å²) in [5.74, 6) is 0.446. The van der Waals surface area contributed by atoms with E-state index < -0.39 is 11.7 Å². The number of pyridine rings is 1. The molecule has 0 saturated heterocycles. The maximum Gasteiger partial charge on any atom is 0.399 e. The van der Waals surface area contributed by atoms with Crippen molar-refractivity contribution in [1.29, 1.82) is 0 Å². The number of rotatable bonds is 1. The Morgan fingerprint density at radius 2 is 1.95 bits per heavy atom. The number of imidazole rings is 1. The minimum Gasteiger partial charge on any atom is -0.340 e. The molecule has 0 N–H and O–H groups in total. The number of benzene rings is 1. The molecule has 2 aromatic heterocycles. The summed E-state index contributed by atoms with van der Waals surface area (Å²) in [6.45, 7) is 0. The van der Waals surface area contributed by atoms with Gasteiger partial charge in [-0.1, -0.05) is 6.07 Å². The molecule has 0 amide bonds. The molecule has 3 aromatic rings. The molecule has 0 saturated carbocycles. The maximum absolute atomic E-state index is 12.7. The Hall–Kier alpha value is -1.65. The Morgan fingerprint density at radius 3 is 2.70 bits per heavy atom. The van der Waals surface area contributed by atoms with E-state index in [1.807, 2.05) is 12.1 Å². The minimum atomic E-state index is -4.36. The first-order valence-corrected chi connectivity index (χ1v) is 5.57. The summed E-state index contributed by atoms with van der Waals surface area (Å²) in [5.41, 5.74) is 0.443. The average molecular weight is 453 g/mol. The second-order valence-electron chi connectivity index (χ2n) is 4.07. The van der Waals surface area contributed by atoms with Crippen molar-refractivity contribution < 1.29 is 33.3 Å². The summed E-state index contributed by atoms with van der Waals surface area (Å²) in [4.78, 5) is 4.15. The number of hydrogen-bond donors (Lipinski definition) is 0. The molecule has 0 bridgehead atoms. The van der Waals surface area contributed by atoms with Gasteiger partial charge in [-0.3, -0.25) is 4.98 Å². The van der Waals surface area contributed by atoms with Gasteiger partial charge in [0, 0.05) is 32.5 Å². The number of aromatic nitrogens is 2. The molecule has 0 aliphatic carbocycles. The van der Waals surface area contributed by atoms with E-state index in [9.17, 15) is 13.2 Å². The third-order valence-corrected chi connectivity index (χ3v) is 2.81. The Balaban J connectivity index is 0.00000147. The molecule has 3 rings (SSSR count). The topological polar surface area (TPSA) is 17.3 Å². The van der Waals surface area contributed by atoms with Gasteiger partial charge in [0.25, 0.3) is 0 Å². The number of halogens is 3. The quantitative estimate of drug-likeness (QED) is 0.513. The SMILES string of the molecule is FC(F)(F)c1cc[c-]c(-c2ncc3ccccn23)c1.[Ir]. The Bertz CT molecular complexity index is 734. The van der Waals surface area contributed by atoms with Crippen molar-refractivity contribution in [1.82, 2.24) is 9.38 Å². The van der Waals surface area contributed by atoms with Crippen LogP contribution in [0.15, 0.2) is 48.8 Å². The van der Waals surface area contributed by atoms with Crippen LogP contribution in [0.5, 0.6) is 0 Å². The van der Waals surface area contributed by atoms with Gasteiger partial charge in [0.2, 0.25) is 0 Å². The zero-order valence-corrected chi connectivity index (χ0v) is 12.4. The van der Waals surface area contributed by atoms with Gasteiger partial charge in [-0.05, 0) is 17.7 Å². The number of nitrogens with zero attached hydrogens (tertiary/aromatic N) is 2. The van der Waals surface area contributed by atoms with Crippen molar-refractivity contribution in [3.8, 4) is 11.4 Å². The molecule has 0 fully saturated rings. The van der Waals surface area contributed by atoms with E-state index in [0.717, 1.165) is 17.6 Å². The smallest absolute Gasteiger partial charge is 0.340 e. The third-order valence-electron chi connectivity index (χ3n) is 2.81. The zero-order chi connectivity index (χ0) is 13.5. The van der Waals surface area contributed by atoms with Crippen LogP contribution in [-0.4, -0.2) is 9.38 Å². The Kier molecular flexibility index (Phi) is 3.97. The fraction of sp³-hybridized carbons (Fsp3) is 0.0714. The monoisotopic (exact) mass is 454 g/mol. The molecule has 1 radical (unpaired) electrons. The number of fused-ring (bicyclic) bond motifs is 1. The molecular weight excluding hydrogens is 445 g/mol. The van der Waals surface area contributed by atoms with E-state index >= 15 is 0 Å². The molecule has 0 atom stereocenters. The molecule has 105 valence electrons. The third kappa shape index (κ3) is 2.62. The molecule has 1 aromatic carbocycles. The maximum atomic E-state index is 12.7. The minimum absolute atomic E-state index is 0. The van der Waals surface area contributed by atoms with Crippen molar-refractivity contribution >= 4 is 5.52 Å². The molecule has 20 heavy (non-hydrogen) atoms. The molecule has 0 spiro atoms. The molecule has 0 aliphatic heterocycles. The van der Waals surface area contributed by atoms with Crippen LogP contribution in [0.1, 0.15) is 5.56 Å². The van der Waals surface area contributed by atoms with Crippen LogP contribution >= 0.6 is 0 Å². The first-order chi connectivity index (χ1) is 9.05.